The van der Waals surface area contributed by atoms with Crippen molar-refractivity contribution in [3.05, 3.63) is 182 Å². The van der Waals surface area contributed by atoms with Crippen LogP contribution in [0.4, 0.5) is 34.1 Å². The van der Waals surface area contributed by atoms with Gasteiger partial charge in [0.2, 0.25) is 0 Å². The van der Waals surface area contributed by atoms with Gasteiger partial charge in [0.05, 0.1) is 38.6 Å². The SMILES string of the molecule is COc1ccc(N(c2ccc(OC)cc2)c2ccc(-c3ccc4c5ccc(-c6ccc(N(c7ccc(OC)cc7)c7ccc(OC)cc7)cc6)cc5n(CCC(C)S(=O)(=O)[O-])c4c3)cc2)cc1.[Na+]. The summed E-state index contributed by atoms with van der Waals surface area (Å²) in [5, 5.41) is 1.02. The minimum Gasteiger partial charge on any atom is -0.748 e. The Kier molecular flexibility index (Phi) is 14.5. The molecule has 68 heavy (non-hydrogen) atoms. The Morgan fingerprint density at radius 3 is 0.971 bits per heavy atom. The monoisotopic (exact) mass is 931 g/mol. The van der Waals surface area contributed by atoms with Gasteiger partial charge >= 0.3 is 29.6 Å². The van der Waals surface area contributed by atoms with Crippen LogP contribution < -0.4 is 58.3 Å². The fraction of sp³-hybridized carbons (Fsp3) is 0.143. The number of methoxy groups -OCH3 is 4. The summed E-state index contributed by atoms with van der Waals surface area (Å²) in [5.74, 6) is 3.09. The second kappa shape index (κ2) is 20.6. The summed E-state index contributed by atoms with van der Waals surface area (Å²) < 4.78 is 60.3. The average Bonchev–Trinajstić information content (AvgIpc) is 3.68. The summed E-state index contributed by atoms with van der Waals surface area (Å²) in [6.07, 6.45) is 0.168. The fourth-order valence-electron chi connectivity index (χ4n) is 8.58. The zero-order chi connectivity index (χ0) is 46.7. The van der Waals surface area contributed by atoms with Crippen LogP contribution in [0.25, 0.3) is 44.1 Å². The number of rotatable bonds is 16. The molecule has 0 aliphatic carbocycles. The maximum absolute atomic E-state index is 12.1. The van der Waals surface area contributed by atoms with Crippen LogP contribution in [0.3, 0.4) is 0 Å². The second-order valence-electron chi connectivity index (χ2n) is 16.3. The third-order valence-electron chi connectivity index (χ3n) is 12.4. The molecule has 1 atom stereocenters. The smallest absolute Gasteiger partial charge is 0.748 e. The third-order valence-corrected chi connectivity index (χ3v) is 13.6. The van der Waals surface area contributed by atoms with Gasteiger partial charge in [-0.15, -0.1) is 0 Å². The summed E-state index contributed by atoms with van der Waals surface area (Å²) in [7, 11) is 2.15. The Labute approximate surface area is 419 Å². The number of hydrogen-bond acceptors (Lipinski definition) is 9. The van der Waals surface area contributed by atoms with Crippen LogP contribution >= 0.6 is 0 Å². The van der Waals surface area contributed by atoms with Crippen LogP contribution in [-0.4, -0.2) is 51.2 Å². The number of aromatic nitrogens is 1. The van der Waals surface area contributed by atoms with Crippen LogP contribution in [0.5, 0.6) is 23.0 Å². The number of fused-ring (bicyclic) bond motifs is 3. The molecule has 338 valence electrons. The first-order chi connectivity index (χ1) is 32.5. The number of aryl methyl sites for hydroxylation is 1. The molecule has 0 aliphatic rings. The van der Waals surface area contributed by atoms with Gasteiger partial charge in [-0.3, -0.25) is 0 Å². The molecule has 1 aromatic heterocycles. The van der Waals surface area contributed by atoms with Crippen molar-refractivity contribution in [2.75, 3.05) is 38.2 Å². The van der Waals surface area contributed by atoms with E-state index in [-0.39, 0.29) is 36.0 Å². The summed E-state index contributed by atoms with van der Waals surface area (Å²) in [4.78, 5) is 4.36. The quantitative estimate of drug-likeness (QED) is 0.0692. The average molecular weight is 932 g/mol. The Balaban J connectivity index is 0.00000625. The van der Waals surface area contributed by atoms with E-state index in [1.54, 1.807) is 28.4 Å². The fourth-order valence-corrected chi connectivity index (χ4v) is 8.97. The third kappa shape index (κ3) is 9.94. The van der Waals surface area contributed by atoms with E-state index in [1.165, 1.54) is 6.92 Å². The van der Waals surface area contributed by atoms with Gasteiger partial charge in [0, 0.05) is 67.7 Å². The van der Waals surface area contributed by atoms with Crippen molar-refractivity contribution >= 4 is 66.0 Å². The largest absolute Gasteiger partial charge is 1.00 e. The van der Waals surface area contributed by atoms with Crippen molar-refractivity contribution in [2.24, 2.45) is 0 Å². The zero-order valence-electron chi connectivity index (χ0n) is 38.9. The molecule has 1 heterocycles. The van der Waals surface area contributed by atoms with Crippen molar-refractivity contribution in [3.8, 4) is 45.3 Å². The van der Waals surface area contributed by atoms with Gasteiger partial charge in [-0.25, -0.2) is 8.42 Å². The number of anilines is 6. The first-order valence-corrected chi connectivity index (χ1v) is 23.4. The molecule has 0 aliphatic heterocycles. The molecule has 12 heteroatoms. The Morgan fingerprint density at radius 2 is 0.706 bits per heavy atom. The van der Waals surface area contributed by atoms with Crippen molar-refractivity contribution < 1.29 is 61.5 Å². The van der Waals surface area contributed by atoms with Crippen molar-refractivity contribution in [1.82, 2.24) is 4.57 Å². The van der Waals surface area contributed by atoms with Crippen LogP contribution in [0.2, 0.25) is 0 Å². The van der Waals surface area contributed by atoms with Gasteiger partial charge in [-0.2, -0.15) is 0 Å². The van der Waals surface area contributed by atoms with Crippen molar-refractivity contribution in [1.29, 1.82) is 0 Å². The molecule has 0 fully saturated rings. The predicted molar refractivity (Wildman–Crippen MR) is 270 cm³/mol. The Morgan fingerprint density at radius 1 is 0.441 bits per heavy atom. The van der Waals surface area contributed by atoms with E-state index >= 15 is 0 Å². The normalized spacial score (nSPS) is 11.7. The summed E-state index contributed by atoms with van der Waals surface area (Å²) in [5.41, 5.74) is 11.8. The van der Waals surface area contributed by atoms with Crippen LogP contribution in [-0.2, 0) is 16.7 Å². The standard InChI is InChI=1S/C56H51N3O7S.Na/c1-38(67(60,61)62)34-35-57-55-36-41(39-6-12-43(13-7-39)58(45-16-24-49(63-2)25-17-45)46-18-26-50(64-3)27-19-46)10-32-53(55)54-33-11-42(37-56(54)57)40-8-14-44(15-9-40)59(47-20-28-51(65-4)29-21-47)48-22-30-52(66-5)31-23-48;/h6-33,36-38H,34-35H2,1-5H3,(H,60,61,62);/q;+1/p-1. The van der Waals surface area contributed by atoms with E-state index in [0.29, 0.717) is 6.54 Å². The molecule has 0 bridgehead atoms. The maximum Gasteiger partial charge on any atom is 1.00 e. The molecular formula is C56H50N3NaO7S. The van der Waals surface area contributed by atoms with E-state index in [2.05, 4.69) is 99.3 Å². The van der Waals surface area contributed by atoms with E-state index in [0.717, 1.165) is 101 Å². The number of hydrogen-bond donors (Lipinski definition) is 0. The van der Waals surface area contributed by atoms with E-state index in [1.807, 2.05) is 97.1 Å². The first-order valence-electron chi connectivity index (χ1n) is 21.9. The van der Waals surface area contributed by atoms with Gasteiger partial charge in [-0.1, -0.05) is 48.5 Å². The van der Waals surface area contributed by atoms with Gasteiger partial charge in [0.25, 0.3) is 0 Å². The second-order valence-corrected chi connectivity index (χ2v) is 18.1. The molecule has 9 aromatic rings. The summed E-state index contributed by atoms with van der Waals surface area (Å²) in [6, 6.07) is 61.6. The predicted octanol–water partition coefficient (Wildman–Crippen LogP) is 10.4. The topological polar surface area (TPSA) is 106 Å². The number of nitrogens with zero attached hydrogens (tertiary/aromatic N) is 3. The van der Waals surface area contributed by atoms with Gasteiger partial charge in [0.15, 0.2) is 0 Å². The number of benzene rings is 8. The molecule has 9 rings (SSSR count). The van der Waals surface area contributed by atoms with E-state index < -0.39 is 15.4 Å². The first kappa shape index (κ1) is 47.8. The summed E-state index contributed by atoms with van der Waals surface area (Å²) in [6.45, 7) is 1.82. The molecule has 8 aromatic carbocycles. The molecule has 0 N–H and O–H groups in total. The molecule has 10 nitrogen and oxygen atoms in total. The van der Waals surface area contributed by atoms with Crippen molar-refractivity contribution in [2.45, 2.75) is 25.1 Å². The van der Waals surface area contributed by atoms with Crippen LogP contribution in [0, 0.1) is 0 Å². The molecule has 0 saturated heterocycles. The Hall–Kier alpha value is -6.73. The van der Waals surface area contributed by atoms with E-state index in [9.17, 15) is 13.0 Å². The van der Waals surface area contributed by atoms with Gasteiger partial charge in [0.1, 0.15) is 23.0 Å². The molecule has 1 unspecified atom stereocenters. The molecular weight excluding hydrogens is 882 g/mol. The Bertz CT molecular complexity index is 2960. The van der Waals surface area contributed by atoms with Gasteiger partial charge in [-0.05, 0) is 169 Å². The maximum atomic E-state index is 12.1. The van der Waals surface area contributed by atoms with Crippen LogP contribution in [0.1, 0.15) is 13.3 Å². The summed E-state index contributed by atoms with van der Waals surface area (Å²) >= 11 is 0. The minimum atomic E-state index is -4.48. The van der Waals surface area contributed by atoms with E-state index in [4.69, 9.17) is 18.9 Å². The molecule has 0 amide bonds. The van der Waals surface area contributed by atoms with Crippen LogP contribution in [0.15, 0.2) is 182 Å². The molecule has 0 radical (unpaired) electrons. The molecule has 0 spiro atoms. The minimum absolute atomic E-state index is 0. The molecule has 0 saturated carbocycles. The van der Waals surface area contributed by atoms with Gasteiger partial charge < -0.3 is 37.9 Å². The van der Waals surface area contributed by atoms with Crippen molar-refractivity contribution in [3.63, 3.8) is 0 Å². The zero-order valence-corrected chi connectivity index (χ0v) is 41.7. The number of ether oxygens (including phenoxy) is 4.